The summed E-state index contributed by atoms with van der Waals surface area (Å²) in [5.74, 6) is -3.20. The SMILES string of the molecule is CC[C@H](C)[C@H]1O[C@]2(CC[C@@H]1C)C[C@@H]1C[C@@H](C/C=C(\C)[C@@H](O[C@H]3C[C@H](OC)[C@@H](O[C@H]4C[C@H](OC)[C@@H](O)[C@H](C)O4)[C@H](C)O3)[C@@H](C)/C=C/C=C3\CO[C@@H]4[C@H](OC(=O)c5ccc(Br)o5)C(C)=C[C@@H](C(=O)O1)[C@]34O)O2. The number of fused-ring (bicyclic) bond motifs is 2. The van der Waals surface area contributed by atoms with Crippen LogP contribution in [0.1, 0.15) is 117 Å². The van der Waals surface area contributed by atoms with E-state index in [9.17, 15) is 19.8 Å². The highest BCUT2D eigenvalue weighted by molar-refractivity contribution is 9.10. The van der Waals surface area contributed by atoms with Gasteiger partial charge in [-0.2, -0.15) is 0 Å². The highest BCUT2D eigenvalue weighted by atomic mass is 79.9. The van der Waals surface area contributed by atoms with Crippen LogP contribution >= 0.6 is 15.9 Å². The largest absolute Gasteiger partial charge is 0.462 e. The second kappa shape index (κ2) is 22.4. The number of allylic oxidation sites excluding steroid dienone is 2. The zero-order valence-corrected chi connectivity index (χ0v) is 43.9. The molecular weight excluding hydrogens is 972 g/mol. The molecule has 8 rings (SSSR count). The van der Waals surface area contributed by atoms with Gasteiger partial charge in [0.15, 0.2) is 29.1 Å². The summed E-state index contributed by atoms with van der Waals surface area (Å²) in [6.07, 6.45) is 5.76. The van der Waals surface area contributed by atoms with Crippen molar-refractivity contribution in [3.63, 3.8) is 0 Å². The molecular formula is C53H75BrO16. The third kappa shape index (κ3) is 11.2. The van der Waals surface area contributed by atoms with Crippen molar-refractivity contribution in [1.29, 1.82) is 0 Å². The van der Waals surface area contributed by atoms with E-state index in [1.165, 1.54) is 6.07 Å². The first-order chi connectivity index (χ1) is 33.4. The molecule has 1 aliphatic carbocycles. The van der Waals surface area contributed by atoms with Crippen molar-refractivity contribution in [3.05, 3.63) is 69.7 Å². The maximum atomic E-state index is 14.8. The molecule has 20 atom stereocenters. The minimum Gasteiger partial charge on any atom is -0.462 e. The van der Waals surface area contributed by atoms with Gasteiger partial charge in [-0.05, 0) is 97.2 Å². The van der Waals surface area contributed by atoms with E-state index < -0.39 is 103 Å². The number of aliphatic hydroxyl groups is 2. The number of hydrogen-bond acceptors (Lipinski definition) is 16. The van der Waals surface area contributed by atoms with E-state index in [1.807, 2.05) is 26.0 Å². The molecule has 0 amide bonds. The summed E-state index contributed by atoms with van der Waals surface area (Å²) < 4.78 is 76.4. The summed E-state index contributed by atoms with van der Waals surface area (Å²) in [4.78, 5) is 28.2. The normalized spacial score (nSPS) is 45.0. The summed E-state index contributed by atoms with van der Waals surface area (Å²) in [5, 5.41) is 23.6. The van der Waals surface area contributed by atoms with Gasteiger partial charge >= 0.3 is 11.9 Å². The Bertz CT molecular complexity index is 2120. The first kappa shape index (κ1) is 53.5. The zero-order valence-electron chi connectivity index (χ0n) is 42.3. The molecule has 1 spiro atoms. The van der Waals surface area contributed by atoms with E-state index >= 15 is 0 Å². The average Bonchev–Trinajstić information content (AvgIpc) is 3.92. The molecule has 0 radical (unpaired) electrons. The van der Waals surface area contributed by atoms with Crippen LogP contribution < -0.4 is 0 Å². The van der Waals surface area contributed by atoms with Crippen LogP contribution in [0.3, 0.4) is 0 Å². The Hall–Kier alpha value is -2.78. The number of rotatable bonds is 10. The Morgan fingerprint density at radius 3 is 2.39 bits per heavy atom. The molecule has 0 unspecified atom stereocenters. The van der Waals surface area contributed by atoms with Crippen LogP contribution in [0.15, 0.2) is 68.3 Å². The third-order valence-corrected chi connectivity index (χ3v) is 16.3. The highest BCUT2D eigenvalue weighted by Crippen LogP contribution is 2.49. The first-order valence-corrected chi connectivity index (χ1v) is 26.1. The maximum Gasteiger partial charge on any atom is 0.374 e. The molecule has 70 heavy (non-hydrogen) atoms. The van der Waals surface area contributed by atoms with Gasteiger partial charge in [0, 0.05) is 52.2 Å². The number of ether oxygens (including phenoxy) is 11. The molecule has 5 saturated heterocycles. The number of methoxy groups -OCH3 is 2. The number of aliphatic hydroxyl groups excluding tert-OH is 1. The van der Waals surface area contributed by atoms with Crippen LogP contribution in [0.2, 0.25) is 0 Å². The lowest BCUT2D eigenvalue weighted by molar-refractivity contribution is -0.340. The van der Waals surface area contributed by atoms with E-state index in [1.54, 1.807) is 46.3 Å². The van der Waals surface area contributed by atoms with Crippen molar-refractivity contribution in [2.75, 3.05) is 20.8 Å². The van der Waals surface area contributed by atoms with Gasteiger partial charge in [-0.1, -0.05) is 64.5 Å². The fourth-order valence-corrected chi connectivity index (χ4v) is 12.0. The van der Waals surface area contributed by atoms with Gasteiger partial charge in [0.1, 0.15) is 35.9 Å². The van der Waals surface area contributed by atoms with Gasteiger partial charge in [-0.25, -0.2) is 4.79 Å². The van der Waals surface area contributed by atoms with Crippen molar-refractivity contribution in [2.24, 2.45) is 23.7 Å². The zero-order chi connectivity index (χ0) is 50.2. The molecule has 0 saturated carbocycles. The Balaban J connectivity index is 1.11. The van der Waals surface area contributed by atoms with Crippen LogP contribution in [0.25, 0.3) is 0 Å². The maximum absolute atomic E-state index is 14.8. The van der Waals surface area contributed by atoms with E-state index in [-0.39, 0.29) is 36.4 Å². The number of carbonyl (C=O) groups excluding carboxylic acids is 2. The molecule has 2 bridgehead atoms. The van der Waals surface area contributed by atoms with Crippen LogP contribution in [0.5, 0.6) is 0 Å². The number of esters is 2. The Morgan fingerprint density at radius 2 is 1.67 bits per heavy atom. The number of hydrogen-bond donors (Lipinski definition) is 2. The van der Waals surface area contributed by atoms with Crippen LogP contribution in [-0.2, 0) is 56.9 Å². The lowest BCUT2D eigenvalue weighted by Gasteiger charge is -2.51. The van der Waals surface area contributed by atoms with Crippen molar-refractivity contribution >= 4 is 27.9 Å². The standard InChI is InChI=1S/C53H75BrO16/c1-11-27(2)46-30(5)19-20-52(70-46)25-36-22-35(69-52)16-15-29(4)45(66-43-24-40(60-10)48(33(8)63-43)67-42-23-39(59-9)44(55)32(7)62-42)28(3)13-12-14-34-26-61-49-47(68-51(57)38-17-18-41(54)65-38)31(6)21-37(50(56)64-36)53(34,49)58/h12-15,17-18,21,27-28,30,32-33,35-37,39-40,42-49,55,58H,11,16,19-20,22-26H2,1-10H3/b13-12+,29-15+,34-14+/t27-,28-,30-,32-,33-,35+,36-,37-,39-,40-,42-,43-,44-,45-,46+,47+,48-,49+,52+,53+/m0/s1. The molecule has 2 N–H and O–H groups in total. The van der Waals surface area contributed by atoms with E-state index in [4.69, 9.17) is 56.5 Å². The number of halogens is 1. The molecule has 16 nitrogen and oxygen atoms in total. The van der Waals surface area contributed by atoms with Gasteiger partial charge in [0.2, 0.25) is 5.76 Å². The molecule has 390 valence electrons. The van der Waals surface area contributed by atoms with Crippen LogP contribution in [-0.4, -0.2) is 140 Å². The quantitative estimate of drug-likeness (QED) is 0.170. The molecule has 6 aliphatic heterocycles. The molecule has 1 aromatic rings. The topological polar surface area (TPSA) is 189 Å². The number of furan rings is 1. The molecule has 5 fully saturated rings. The van der Waals surface area contributed by atoms with Crippen LogP contribution in [0.4, 0.5) is 0 Å². The van der Waals surface area contributed by atoms with Crippen molar-refractivity contribution in [2.45, 2.75) is 204 Å². The predicted octanol–water partition coefficient (Wildman–Crippen LogP) is 7.82. The van der Waals surface area contributed by atoms with E-state index in [2.05, 4.69) is 49.7 Å². The second-order valence-corrected chi connectivity index (χ2v) is 21.6. The highest BCUT2D eigenvalue weighted by Gasteiger charge is 2.61. The molecule has 7 aliphatic rings. The summed E-state index contributed by atoms with van der Waals surface area (Å²) in [6.45, 7) is 16.1. The third-order valence-electron chi connectivity index (χ3n) is 15.9. The van der Waals surface area contributed by atoms with Crippen LogP contribution in [0, 0.1) is 23.7 Å². The summed E-state index contributed by atoms with van der Waals surface area (Å²) in [7, 11) is 3.21. The lowest BCUT2D eigenvalue weighted by atomic mass is 9.70. The molecule has 0 aromatic carbocycles. The van der Waals surface area contributed by atoms with Crippen molar-refractivity contribution in [3.8, 4) is 0 Å². The first-order valence-electron chi connectivity index (χ1n) is 25.3. The van der Waals surface area contributed by atoms with Crippen molar-refractivity contribution < 1.29 is 76.3 Å². The van der Waals surface area contributed by atoms with E-state index in [0.29, 0.717) is 60.3 Å². The van der Waals surface area contributed by atoms with Gasteiger partial charge in [0.25, 0.3) is 0 Å². The van der Waals surface area contributed by atoms with Gasteiger partial charge in [0.05, 0.1) is 49.3 Å². The fraction of sp³-hybridized carbons (Fsp3) is 0.736. The lowest BCUT2D eigenvalue weighted by Crippen LogP contribution is -2.59. The molecule has 1 aromatic heterocycles. The van der Waals surface area contributed by atoms with Crippen molar-refractivity contribution in [1.82, 2.24) is 0 Å². The van der Waals surface area contributed by atoms with Gasteiger partial charge in [-0.15, -0.1) is 0 Å². The Kier molecular flexibility index (Phi) is 17.1. The van der Waals surface area contributed by atoms with Gasteiger partial charge in [-0.3, -0.25) is 4.79 Å². The fourth-order valence-electron chi connectivity index (χ4n) is 11.7. The smallest absolute Gasteiger partial charge is 0.374 e. The summed E-state index contributed by atoms with van der Waals surface area (Å²) in [5.41, 5.74) is -0.0465. The average molecular weight is 1050 g/mol. The molecule has 7 heterocycles. The second-order valence-electron chi connectivity index (χ2n) is 20.8. The molecule has 17 heteroatoms. The summed E-state index contributed by atoms with van der Waals surface area (Å²) >= 11 is 3.24. The van der Waals surface area contributed by atoms with Gasteiger partial charge < -0.3 is 66.7 Å². The minimum atomic E-state index is -1.95. The monoisotopic (exact) mass is 1050 g/mol. The predicted molar refractivity (Wildman–Crippen MR) is 257 cm³/mol. The number of carbonyl (C=O) groups is 2. The Labute approximate surface area is 420 Å². The minimum absolute atomic E-state index is 0.0271. The summed E-state index contributed by atoms with van der Waals surface area (Å²) in [6, 6.07) is 3.08. The van der Waals surface area contributed by atoms with E-state index in [0.717, 1.165) is 18.4 Å². The Morgan fingerprint density at radius 1 is 0.943 bits per heavy atom.